The van der Waals surface area contributed by atoms with Crippen molar-refractivity contribution in [3.05, 3.63) is 23.1 Å². The van der Waals surface area contributed by atoms with Crippen LogP contribution >= 0.6 is 23.4 Å². The van der Waals surface area contributed by atoms with Crippen LogP contribution in [0, 0.1) is 0 Å². The molecule has 0 bridgehead atoms. The molecular weight excluding hydrogens is 230 g/mol. The number of furan rings is 1. The lowest BCUT2D eigenvalue weighted by molar-refractivity contribution is 0.526. The van der Waals surface area contributed by atoms with E-state index < -0.39 is 0 Å². The third-order valence-electron chi connectivity index (χ3n) is 2.49. The Morgan fingerprint density at radius 3 is 2.73 bits per heavy atom. The zero-order valence-electron chi connectivity index (χ0n) is 9.42. The van der Waals surface area contributed by atoms with Crippen LogP contribution in [0.15, 0.2) is 16.5 Å². The summed E-state index contributed by atoms with van der Waals surface area (Å²) in [5.41, 5.74) is 0. The average Bonchev–Trinajstić information content (AvgIpc) is 2.63. The fourth-order valence-corrected chi connectivity index (χ4v) is 2.84. The van der Waals surface area contributed by atoms with E-state index in [1.807, 2.05) is 24.9 Å². The summed E-state index contributed by atoms with van der Waals surface area (Å²) in [4.78, 5) is 0. The van der Waals surface area contributed by atoms with Gasteiger partial charge in [0.15, 0.2) is 5.22 Å². The highest BCUT2D eigenvalue weighted by molar-refractivity contribution is 7.99. The molecule has 2 atom stereocenters. The van der Waals surface area contributed by atoms with Crippen LogP contribution in [-0.4, -0.2) is 18.3 Å². The van der Waals surface area contributed by atoms with Gasteiger partial charge < -0.3 is 9.73 Å². The number of thioether (sulfide) groups is 1. The summed E-state index contributed by atoms with van der Waals surface area (Å²) in [6.07, 6.45) is 1.14. The Kier molecular flexibility index (Phi) is 5.58. The molecule has 1 heterocycles. The second-order valence-electron chi connectivity index (χ2n) is 3.53. The van der Waals surface area contributed by atoms with Gasteiger partial charge in [-0.3, -0.25) is 0 Å². The first-order chi connectivity index (χ1) is 7.17. The molecule has 1 aromatic rings. The van der Waals surface area contributed by atoms with E-state index in [4.69, 9.17) is 16.0 Å². The summed E-state index contributed by atoms with van der Waals surface area (Å²) in [6, 6.07) is 4.28. The molecule has 1 N–H and O–H groups in total. The van der Waals surface area contributed by atoms with Crippen LogP contribution in [0.4, 0.5) is 0 Å². The quantitative estimate of drug-likeness (QED) is 0.832. The Morgan fingerprint density at radius 2 is 2.27 bits per heavy atom. The van der Waals surface area contributed by atoms with Gasteiger partial charge in [0.1, 0.15) is 5.76 Å². The first-order valence-corrected chi connectivity index (χ1v) is 6.63. The molecule has 0 spiro atoms. The van der Waals surface area contributed by atoms with E-state index in [2.05, 4.69) is 19.2 Å². The van der Waals surface area contributed by atoms with E-state index in [0.717, 1.165) is 17.9 Å². The molecule has 4 heteroatoms. The van der Waals surface area contributed by atoms with Crippen molar-refractivity contribution in [3.63, 3.8) is 0 Å². The molecule has 1 aromatic heterocycles. The summed E-state index contributed by atoms with van der Waals surface area (Å²) in [7, 11) is 2.01. The van der Waals surface area contributed by atoms with Gasteiger partial charge in [-0.15, -0.1) is 11.8 Å². The molecule has 0 aliphatic rings. The van der Waals surface area contributed by atoms with Crippen LogP contribution < -0.4 is 5.32 Å². The van der Waals surface area contributed by atoms with Crippen LogP contribution in [-0.2, 0) is 5.75 Å². The van der Waals surface area contributed by atoms with E-state index in [-0.39, 0.29) is 0 Å². The van der Waals surface area contributed by atoms with Crippen molar-refractivity contribution in [2.75, 3.05) is 7.05 Å². The van der Waals surface area contributed by atoms with Crippen LogP contribution in [0.1, 0.15) is 26.0 Å². The van der Waals surface area contributed by atoms with Crippen molar-refractivity contribution in [2.45, 2.75) is 37.3 Å². The summed E-state index contributed by atoms with van der Waals surface area (Å²) in [5, 5.41) is 4.36. The maximum absolute atomic E-state index is 5.70. The van der Waals surface area contributed by atoms with Crippen LogP contribution in [0.2, 0.25) is 5.22 Å². The van der Waals surface area contributed by atoms with Crippen LogP contribution in [0.5, 0.6) is 0 Å². The lowest BCUT2D eigenvalue weighted by atomic mass is 10.2. The molecule has 0 aromatic carbocycles. The molecule has 0 aliphatic carbocycles. The van der Waals surface area contributed by atoms with Gasteiger partial charge in [0, 0.05) is 11.3 Å². The smallest absolute Gasteiger partial charge is 0.193 e. The maximum Gasteiger partial charge on any atom is 0.193 e. The van der Waals surface area contributed by atoms with Gasteiger partial charge in [-0.25, -0.2) is 0 Å². The van der Waals surface area contributed by atoms with Crippen LogP contribution in [0.25, 0.3) is 0 Å². The fourth-order valence-electron chi connectivity index (χ4n) is 1.53. The Balaban J connectivity index is 2.36. The third-order valence-corrected chi connectivity index (χ3v) is 4.00. The van der Waals surface area contributed by atoms with Crippen molar-refractivity contribution in [3.8, 4) is 0 Å². The van der Waals surface area contributed by atoms with Gasteiger partial charge in [-0.2, -0.15) is 0 Å². The molecule has 86 valence electrons. The largest absolute Gasteiger partial charge is 0.449 e. The van der Waals surface area contributed by atoms with Gasteiger partial charge in [0.2, 0.25) is 0 Å². The lowest BCUT2D eigenvalue weighted by Crippen LogP contribution is -2.33. The highest BCUT2D eigenvalue weighted by Crippen LogP contribution is 2.23. The number of nitrogens with one attached hydrogen (secondary N) is 1. The normalized spacial score (nSPS) is 15.2. The highest BCUT2D eigenvalue weighted by atomic mass is 35.5. The molecule has 0 aliphatic heterocycles. The van der Waals surface area contributed by atoms with E-state index in [1.165, 1.54) is 0 Å². The minimum absolute atomic E-state index is 0.471. The standard InChI is InChI=1S/C11H18ClNOS/c1-4-10(13-3)8(2)15-7-9-5-6-11(12)14-9/h5-6,8,10,13H,4,7H2,1-3H3. The number of hydrogen-bond acceptors (Lipinski definition) is 3. The molecule has 0 amide bonds. The molecule has 0 fully saturated rings. The van der Waals surface area contributed by atoms with Crippen LogP contribution in [0.3, 0.4) is 0 Å². The Bertz CT molecular complexity index is 286. The maximum atomic E-state index is 5.70. The zero-order chi connectivity index (χ0) is 11.3. The van der Waals surface area contributed by atoms with Crippen molar-refractivity contribution in [1.82, 2.24) is 5.32 Å². The van der Waals surface area contributed by atoms with Gasteiger partial charge in [-0.05, 0) is 37.2 Å². The highest BCUT2D eigenvalue weighted by Gasteiger charge is 2.14. The van der Waals surface area contributed by atoms with E-state index in [9.17, 15) is 0 Å². The summed E-state index contributed by atoms with van der Waals surface area (Å²) in [5.74, 6) is 1.83. The third kappa shape index (κ3) is 4.09. The predicted octanol–water partition coefficient (Wildman–Crippen LogP) is 3.55. The molecular formula is C11H18ClNOS. The molecule has 0 saturated carbocycles. The molecule has 0 radical (unpaired) electrons. The average molecular weight is 248 g/mol. The minimum Gasteiger partial charge on any atom is -0.449 e. The number of halogens is 1. The minimum atomic E-state index is 0.471. The van der Waals surface area contributed by atoms with E-state index >= 15 is 0 Å². The molecule has 2 nitrogen and oxygen atoms in total. The molecule has 0 saturated heterocycles. The second kappa shape index (κ2) is 6.46. The van der Waals surface area contributed by atoms with Crippen molar-refractivity contribution < 1.29 is 4.42 Å². The first-order valence-electron chi connectivity index (χ1n) is 5.20. The fraction of sp³-hybridized carbons (Fsp3) is 0.636. The Hall–Kier alpha value is -0.120. The van der Waals surface area contributed by atoms with Gasteiger partial charge >= 0.3 is 0 Å². The Morgan fingerprint density at radius 1 is 1.53 bits per heavy atom. The summed E-state index contributed by atoms with van der Waals surface area (Å²) < 4.78 is 5.31. The van der Waals surface area contributed by atoms with Crippen molar-refractivity contribution >= 4 is 23.4 Å². The zero-order valence-corrected chi connectivity index (χ0v) is 11.0. The molecule has 1 rings (SSSR count). The SMILES string of the molecule is CCC(NC)C(C)SCc1ccc(Cl)o1. The summed E-state index contributed by atoms with van der Waals surface area (Å²) in [6.45, 7) is 4.43. The number of rotatable bonds is 6. The predicted molar refractivity (Wildman–Crippen MR) is 67.6 cm³/mol. The summed E-state index contributed by atoms with van der Waals surface area (Å²) >= 11 is 7.59. The lowest BCUT2D eigenvalue weighted by Gasteiger charge is -2.21. The van der Waals surface area contributed by atoms with Crippen molar-refractivity contribution in [1.29, 1.82) is 0 Å². The number of hydrogen-bond donors (Lipinski definition) is 1. The van der Waals surface area contributed by atoms with Gasteiger partial charge in [0.25, 0.3) is 0 Å². The Labute approximate surface area is 101 Å². The topological polar surface area (TPSA) is 25.2 Å². The molecule has 2 unspecified atom stereocenters. The monoisotopic (exact) mass is 247 g/mol. The van der Waals surface area contributed by atoms with E-state index in [0.29, 0.717) is 16.5 Å². The van der Waals surface area contributed by atoms with Crippen molar-refractivity contribution in [2.24, 2.45) is 0 Å². The second-order valence-corrected chi connectivity index (χ2v) is 5.26. The van der Waals surface area contributed by atoms with Gasteiger partial charge in [0.05, 0.1) is 5.75 Å². The van der Waals surface area contributed by atoms with Gasteiger partial charge in [-0.1, -0.05) is 13.8 Å². The van der Waals surface area contributed by atoms with E-state index in [1.54, 1.807) is 6.07 Å². The first kappa shape index (κ1) is 12.9. The molecule has 15 heavy (non-hydrogen) atoms.